The van der Waals surface area contributed by atoms with Gasteiger partial charge in [-0.25, -0.2) is 14.0 Å². The summed E-state index contributed by atoms with van der Waals surface area (Å²) >= 11 is 0. The van der Waals surface area contributed by atoms with E-state index >= 15 is 0 Å². The van der Waals surface area contributed by atoms with Gasteiger partial charge in [0.15, 0.2) is 0 Å². The smallest absolute Gasteiger partial charge is 0.410 e. The Balaban J connectivity index is 1.84. The number of halogens is 1. The molecule has 1 fully saturated rings. The lowest BCUT2D eigenvalue weighted by molar-refractivity contribution is 0.0170. The van der Waals surface area contributed by atoms with Gasteiger partial charge in [0.1, 0.15) is 11.4 Å². The van der Waals surface area contributed by atoms with Crippen molar-refractivity contribution in [1.29, 1.82) is 0 Å². The number of nitrogens with zero attached hydrogens (tertiary/aromatic N) is 2. The number of rotatable bonds is 3. The number of hydrogen-bond acceptors (Lipinski definition) is 3. The monoisotopic (exact) mass is 379 g/mol. The first-order chi connectivity index (χ1) is 12.5. The maximum absolute atomic E-state index is 14.0. The van der Waals surface area contributed by atoms with E-state index < -0.39 is 11.0 Å². The Kier molecular flexibility index (Phi) is 6.34. The van der Waals surface area contributed by atoms with Crippen LogP contribution in [0.15, 0.2) is 24.3 Å². The van der Waals surface area contributed by atoms with Crippen molar-refractivity contribution in [2.45, 2.75) is 45.6 Å². The van der Waals surface area contributed by atoms with Crippen molar-refractivity contribution in [2.24, 2.45) is 0 Å². The maximum atomic E-state index is 14.0. The molecular weight excluding hydrogens is 349 g/mol. The standard InChI is InChI=1S/C20H30FN3O3/c1-19(2,3)27-18(26)24-12-10-23(11-13-24)17(25)22-14-20(4,5)15-8-6-7-9-16(15)21/h6-9H,10-14H2,1-5H3,(H,22,25). The second-order valence-corrected chi connectivity index (χ2v) is 8.48. The molecule has 0 unspecified atom stereocenters. The molecule has 1 N–H and O–H groups in total. The molecule has 0 bridgehead atoms. The van der Waals surface area contributed by atoms with Crippen LogP contribution < -0.4 is 5.32 Å². The first kappa shape index (κ1) is 21.0. The van der Waals surface area contributed by atoms with Crippen molar-refractivity contribution in [1.82, 2.24) is 15.1 Å². The highest BCUT2D eigenvalue weighted by Crippen LogP contribution is 2.25. The summed E-state index contributed by atoms with van der Waals surface area (Å²) in [5.74, 6) is -0.275. The fraction of sp³-hybridized carbons (Fsp3) is 0.600. The number of ether oxygens (including phenoxy) is 1. The molecule has 1 saturated heterocycles. The largest absolute Gasteiger partial charge is 0.444 e. The fourth-order valence-corrected chi connectivity index (χ4v) is 2.93. The maximum Gasteiger partial charge on any atom is 0.410 e. The van der Waals surface area contributed by atoms with Crippen LogP contribution in [-0.4, -0.2) is 60.2 Å². The molecule has 27 heavy (non-hydrogen) atoms. The van der Waals surface area contributed by atoms with E-state index in [0.717, 1.165) is 0 Å². The zero-order valence-corrected chi connectivity index (χ0v) is 16.8. The van der Waals surface area contributed by atoms with E-state index in [1.165, 1.54) is 6.07 Å². The topological polar surface area (TPSA) is 61.9 Å². The summed E-state index contributed by atoms with van der Waals surface area (Å²) in [6.07, 6.45) is -0.358. The molecule has 7 heteroatoms. The summed E-state index contributed by atoms with van der Waals surface area (Å²) in [5.41, 5.74) is -0.497. The summed E-state index contributed by atoms with van der Waals surface area (Å²) in [6, 6.07) is 6.40. The third kappa shape index (κ3) is 5.84. The number of urea groups is 1. The molecule has 0 aromatic heterocycles. The Morgan fingerprint density at radius 1 is 1.04 bits per heavy atom. The molecule has 150 valence electrons. The van der Waals surface area contributed by atoms with Gasteiger partial charge in [-0.05, 0) is 32.4 Å². The van der Waals surface area contributed by atoms with Gasteiger partial charge in [-0.2, -0.15) is 0 Å². The average Bonchev–Trinajstić information content (AvgIpc) is 2.58. The molecule has 0 atom stereocenters. The van der Waals surface area contributed by atoms with Gasteiger partial charge >= 0.3 is 12.1 Å². The van der Waals surface area contributed by atoms with Crippen LogP contribution in [0.4, 0.5) is 14.0 Å². The van der Waals surface area contributed by atoms with E-state index in [9.17, 15) is 14.0 Å². The van der Waals surface area contributed by atoms with Crippen LogP contribution in [0, 0.1) is 5.82 Å². The molecule has 1 aliphatic heterocycles. The first-order valence-corrected chi connectivity index (χ1v) is 9.25. The quantitative estimate of drug-likeness (QED) is 0.876. The lowest BCUT2D eigenvalue weighted by atomic mass is 9.84. The first-order valence-electron chi connectivity index (χ1n) is 9.25. The third-order valence-electron chi connectivity index (χ3n) is 4.50. The summed E-state index contributed by atoms with van der Waals surface area (Å²) in [5, 5.41) is 2.89. The molecule has 1 aromatic rings. The number of carbonyl (C=O) groups excluding carboxylic acids is 2. The number of hydrogen-bond donors (Lipinski definition) is 1. The van der Waals surface area contributed by atoms with E-state index in [-0.39, 0.29) is 17.9 Å². The van der Waals surface area contributed by atoms with Crippen molar-refractivity contribution in [3.63, 3.8) is 0 Å². The van der Waals surface area contributed by atoms with Gasteiger partial charge in [-0.1, -0.05) is 32.0 Å². The number of carbonyl (C=O) groups is 2. The number of benzene rings is 1. The SMILES string of the molecule is CC(C)(C)OC(=O)N1CCN(C(=O)NCC(C)(C)c2ccccc2F)CC1. The Morgan fingerprint density at radius 2 is 1.59 bits per heavy atom. The molecule has 2 rings (SSSR count). The van der Waals surface area contributed by atoms with Gasteiger partial charge in [-0.3, -0.25) is 0 Å². The second kappa shape index (κ2) is 8.15. The molecular formula is C20H30FN3O3. The van der Waals surface area contributed by atoms with Gasteiger partial charge in [0.05, 0.1) is 0 Å². The minimum absolute atomic E-state index is 0.205. The van der Waals surface area contributed by atoms with Crippen molar-refractivity contribution < 1.29 is 18.7 Å². The minimum atomic E-state index is -0.538. The van der Waals surface area contributed by atoms with Crippen LogP contribution in [0.2, 0.25) is 0 Å². The highest BCUT2D eigenvalue weighted by atomic mass is 19.1. The molecule has 0 aliphatic carbocycles. The highest BCUT2D eigenvalue weighted by Gasteiger charge is 2.29. The van der Waals surface area contributed by atoms with Gasteiger partial charge in [0.2, 0.25) is 0 Å². The van der Waals surface area contributed by atoms with E-state index in [1.807, 2.05) is 34.6 Å². The molecule has 0 radical (unpaired) electrons. The summed E-state index contributed by atoms with van der Waals surface area (Å²) in [6.45, 7) is 11.3. The van der Waals surface area contributed by atoms with Crippen LogP contribution in [0.3, 0.4) is 0 Å². The Labute approximate surface area is 160 Å². The van der Waals surface area contributed by atoms with Crippen LogP contribution in [0.5, 0.6) is 0 Å². The highest BCUT2D eigenvalue weighted by molar-refractivity contribution is 5.75. The fourth-order valence-electron chi connectivity index (χ4n) is 2.93. The molecule has 0 spiro atoms. The second-order valence-electron chi connectivity index (χ2n) is 8.48. The third-order valence-corrected chi connectivity index (χ3v) is 4.50. The molecule has 1 aliphatic rings. The van der Waals surface area contributed by atoms with Gasteiger partial charge in [-0.15, -0.1) is 0 Å². The molecule has 3 amide bonds. The van der Waals surface area contributed by atoms with E-state index in [0.29, 0.717) is 38.3 Å². The van der Waals surface area contributed by atoms with E-state index in [4.69, 9.17) is 4.74 Å². The summed E-state index contributed by atoms with van der Waals surface area (Å²) < 4.78 is 19.4. The van der Waals surface area contributed by atoms with Gasteiger partial charge in [0, 0.05) is 38.1 Å². The zero-order valence-electron chi connectivity index (χ0n) is 16.8. The number of amides is 3. The summed E-state index contributed by atoms with van der Waals surface area (Å²) in [4.78, 5) is 27.8. The normalized spacial score (nSPS) is 15.5. The number of piperazine rings is 1. The Hall–Kier alpha value is -2.31. The molecule has 6 nitrogen and oxygen atoms in total. The van der Waals surface area contributed by atoms with Crippen LogP contribution in [-0.2, 0) is 10.2 Å². The van der Waals surface area contributed by atoms with Crippen molar-refractivity contribution in [2.75, 3.05) is 32.7 Å². The van der Waals surface area contributed by atoms with Crippen molar-refractivity contribution >= 4 is 12.1 Å². The molecule has 0 saturated carbocycles. The van der Waals surface area contributed by atoms with Crippen LogP contribution >= 0.6 is 0 Å². The number of nitrogens with one attached hydrogen (secondary N) is 1. The molecule has 1 heterocycles. The van der Waals surface area contributed by atoms with E-state index in [1.54, 1.807) is 28.0 Å². The lowest BCUT2D eigenvalue weighted by Gasteiger charge is -2.36. The van der Waals surface area contributed by atoms with Crippen molar-refractivity contribution in [3.05, 3.63) is 35.6 Å². The molecule has 1 aromatic carbocycles. The van der Waals surface area contributed by atoms with Crippen LogP contribution in [0.1, 0.15) is 40.2 Å². The van der Waals surface area contributed by atoms with Gasteiger partial charge < -0.3 is 19.9 Å². The van der Waals surface area contributed by atoms with E-state index in [2.05, 4.69) is 5.32 Å². The predicted octanol–water partition coefficient (Wildman–Crippen LogP) is 3.37. The Morgan fingerprint density at radius 3 is 2.15 bits per heavy atom. The average molecular weight is 379 g/mol. The zero-order chi connectivity index (χ0) is 20.2. The lowest BCUT2D eigenvalue weighted by Crippen LogP contribution is -2.54. The minimum Gasteiger partial charge on any atom is -0.444 e. The van der Waals surface area contributed by atoms with Crippen molar-refractivity contribution in [3.8, 4) is 0 Å². The van der Waals surface area contributed by atoms with Gasteiger partial charge in [0.25, 0.3) is 0 Å². The van der Waals surface area contributed by atoms with Crippen LogP contribution in [0.25, 0.3) is 0 Å². The Bertz CT molecular complexity index is 677. The summed E-state index contributed by atoms with van der Waals surface area (Å²) in [7, 11) is 0. The predicted molar refractivity (Wildman–Crippen MR) is 102 cm³/mol.